The summed E-state index contributed by atoms with van der Waals surface area (Å²) in [6, 6.07) is 3.93. The Hall–Kier alpha value is -2.50. The number of fused-ring (bicyclic) bond motifs is 1. The lowest BCUT2D eigenvalue weighted by Crippen LogP contribution is -2.53. The van der Waals surface area contributed by atoms with Crippen LogP contribution < -0.4 is 9.47 Å². The summed E-state index contributed by atoms with van der Waals surface area (Å²) in [7, 11) is 3.30. The van der Waals surface area contributed by atoms with Crippen LogP contribution in [0.2, 0.25) is 0 Å². The number of rotatable bonds is 4. The predicted octanol–water partition coefficient (Wildman–Crippen LogP) is 2.75. The molecule has 3 rings (SSSR count). The molecule has 2 heterocycles. The van der Waals surface area contributed by atoms with Gasteiger partial charge in [-0.05, 0) is 50.8 Å². The monoisotopic (exact) mass is 386 g/mol. The van der Waals surface area contributed by atoms with E-state index in [4.69, 9.17) is 9.47 Å². The van der Waals surface area contributed by atoms with E-state index in [1.165, 1.54) is 6.08 Å². The van der Waals surface area contributed by atoms with Crippen LogP contribution in [0.4, 0.5) is 0 Å². The van der Waals surface area contributed by atoms with Gasteiger partial charge < -0.3 is 19.3 Å². The molecule has 0 bridgehead atoms. The first-order chi connectivity index (χ1) is 13.3. The van der Waals surface area contributed by atoms with Crippen molar-refractivity contribution < 1.29 is 19.1 Å². The van der Waals surface area contributed by atoms with Gasteiger partial charge in [0, 0.05) is 37.2 Å². The number of carbonyl (C=O) groups is 2. The molecular formula is C22H30N2O4. The summed E-state index contributed by atoms with van der Waals surface area (Å²) in [5.41, 5.74) is 1.74. The largest absolute Gasteiger partial charge is 0.497 e. The van der Waals surface area contributed by atoms with Crippen LogP contribution in [0, 0.1) is 5.92 Å². The minimum Gasteiger partial charge on any atom is -0.497 e. The van der Waals surface area contributed by atoms with E-state index >= 15 is 0 Å². The Bertz CT molecular complexity index is 762. The number of nitrogens with zero attached hydrogens (tertiary/aromatic N) is 2. The topological polar surface area (TPSA) is 59.1 Å². The van der Waals surface area contributed by atoms with Crippen LogP contribution in [-0.4, -0.2) is 55.5 Å². The van der Waals surface area contributed by atoms with Gasteiger partial charge in [0.05, 0.1) is 19.8 Å². The Labute approximate surface area is 167 Å². The Balaban J connectivity index is 1.82. The SMILES string of the molecule is C=CC(=O)N1CCC(C(=O)N2CCc3cc(OC)cc(OC)c3C2(C)C)CC1. The van der Waals surface area contributed by atoms with E-state index in [1.807, 2.05) is 17.0 Å². The number of carbonyl (C=O) groups excluding carboxylic acids is 2. The number of hydrogen-bond acceptors (Lipinski definition) is 4. The van der Waals surface area contributed by atoms with Crippen LogP contribution in [-0.2, 0) is 21.5 Å². The smallest absolute Gasteiger partial charge is 0.245 e. The van der Waals surface area contributed by atoms with E-state index in [9.17, 15) is 9.59 Å². The second-order valence-electron chi connectivity index (χ2n) is 7.97. The first-order valence-electron chi connectivity index (χ1n) is 9.81. The molecule has 0 saturated carbocycles. The molecule has 1 aromatic rings. The molecule has 0 radical (unpaired) electrons. The van der Waals surface area contributed by atoms with Crippen LogP contribution in [0.25, 0.3) is 0 Å². The summed E-state index contributed by atoms with van der Waals surface area (Å²) >= 11 is 0. The van der Waals surface area contributed by atoms with Gasteiger partial charge in [-0.2, -0.15) is 0 Å². The van der Waals surface area contributed by atoms with E-state index in [0.29, 0.717) is 32.5 Å². The standard InChI is InChI=1S/C22H30N2O4/c1-6-19(25)23-10-7-15(8-11-23)21(26)24-12-9-16-13-17(27-4)14-18(28-5)20(16)22(24,2)3/h6,13-15H,1,7-12H2,2-5H3. The molecule has 2 amide bonds. The lowest BCUT2D eigenvalue weighted by atomic mass is 9.81. The molecule has 6 heteroatoms. The molecule has 0 aliphatic carbocycles. The van der Waals surface area contributed by atoms with E-state index in [0.717, 1.165) is 29.0 Å². The molecule has 2 aliphatic rings. The van der Waals surface area contributed by atoms with Crippen LogP contribution >= 0.6 is 0 Å². The fourth-order valence-electron chi connectivity index (χ4n) is 4.54. The molecule has 1 saturated heterocycles. The third-order valence-electron chi connectivity index (χ3n) is 6.10. The first kappa shape index (κ1) is 20.2. The van der Waals surface area contributed by atoms with Gasteiger partial charge in [0.1, 0.15) is 11.5 Å². The van der Waals surface area contributed by atoms with Crippen molar-refractivity contribution in [2.45, 2.75) is 38.6 Å². The summed E-state index contributed by atoms with van der Waals surface area (Å²) in [6.07, 6.45) is 3.49. The van der Waals surface area contributed by atoms with Gasteiger partial charge in [-0.15, -0.1) is 0 Å². The third-order valence-corrected chi connectivity index (χ3v) is 6.10. The highest BCUT2D eigenvalue weighted by Crippen LogP contribution is 2.43. The first-order valence-corrected chi connectivity index (χ1v) is 9.81. The highest BCUT2D eigenvalue weighted by Gasteiger charge is 2.42. The minimum absolute atomic E-state index is 0.0565. The summed E-state index contributed by atoms with van der Waals surface area (Å²) in [6.45, 7) is 9.58. The molecule has 152 valence electrons. The summed E-state index contributed by atoms with van der Waals surface area (Å²) in [5.74, 6) is 1.57. The van der Waals surface area contributed by atoms with Crippen molar-refractivity contribution in [2.75, 3.05) is 33.9 Å². The Morgan fingerprint density at radius 2 is 1.82 bits per heavy atom. The van der Waals surface area contributed by atoms with E-state index in [-0.39, 0.29) is 17.7 Å². The van der Waals surface area contributed by atoms with Gasteiger partial charge in [-0.1, -0.05) is 6.58 Å². The van der Waals surface area contributed by atoms with Crippen molar-refractivity contribution in [3.05, 3.63) is 35.9 Å². The average Bonchev–Trinajstić information content (AvgIpc) is 2.71. The van der Waals surface area contributed by atoms with Crippen molar-refractivity contribution in [2.24, 2.45) is 5.92 Å². The Morgan fingerprint density at radius 3 is 2.39 bits per heavy atom. The van der Waals surface area contributed by atoms with Gasteiger partial charge in [-0.3, -0.25) is 9.59 Å². The highest BCUT2D eigenvalue weighted by molar-refractivity contribution is 5.87. The van der Waals surface area contributed by atoms with Crippen LogP contribution in [0.1, 0.15) is 37.8 Å². The zero-order valence-electron chi connectivity index (χ0n) is 17.3. The maximum Gasteiger partial charge on any atom is 0.245 e. The number of hydrogen-bond donors (Lipinski definition) is 0. The van der Waals surface area contributed by atoms with Gasteiger partial charge in [0.2, 0.25) is 11.8 Å². The highest BCUT2D eigenvalue weighted by atomic mass is 16.5. The van der Waals surface area contributed by atoms with Crippen molar-refractivity contribution >= 4 is 11.8 Å². The lowest BCUT2D eigenvalue weighted by molar-refractivity contribution is -0.145. The molecule has 6 nitrogen and oxygen atoms in total. The minimum atomic E-state index is -0.476. The predicted molar refractivity (Wildman–Crippen MR) is 107 cm³/mol. The van der Waals surface area contributed by atoms with Gasteiger partial charge in [-0.25, -0.2) is 0 Å². The van der Waals surface area contributed by atoms with Crippen LogP contribution in [0.3, 0.4) is 0 Å². The number of benzene rings is 1. The van der Waals surface area contributed by atoms with Crippen molar-refractivity contribution in [1.29, 1.82) is 0 Å². The van der Waals surface area contributed by atoms with Gasteiger partial charge in [0.15, 0.2) is 0 Å². The second-order valence-corrected chi connectivity index (χ2v) is 7.97. The molecule has 1 fully saturated rings. The molecule has 0 spiro atoms. The molecular weight excluding hydrogens is 356 g/mol. The number of amides is 2. The maximum atomic E-state index is 13.4. The maximum absolute atomic E-state index is 13.4. The number of methoxy groups -OCH3 is 2. The Morgan fingerprint density at radius 1 is 1.14 bits per heavy atom. The van der Waals surface area contributed by atoms with Crippen molar-refractivity contribution in [3.8, 4) is 11.5 Å². The fourth-order valence-corrected chi connectivity index (χ4v) is 4.54. The molecule has 0 unspecified atom stereocenters. The zero-order valence-corrected chi connectivity index (χ0v) is 17.3. The van der Waals surface area contributed by atoms with Crippen molar-refractivity contribution in [3.63, 3.8) is 0 Å². The average molecular weight is 386 g/mol. The van der Waals surface area contributed by atoms with E-state index < -0.39 is 5.54 Å². The fraction of sp³-hybridized carbons (Fsp3) is 0.545. The van der Waals surface area contributed by atoms with E-state index in [2.05, 4.69) is 20.4 Å². The molecule has 28 heavy (non-hydrogen) atoms. The number of likely N-dealkylation sites (tertiary alicyclic amines) is 1. The number of piperidine rings is 1. The van der Waals surface area contributed by atoms with E-state index in [1.54, 1.807) is 19.1 Å². The van der Waals surface area contributed by atoms with Gasteiger partial charge in [0.25, 0.3) is 0 Å². The number of ether oxygens (including phenoxy) is 2. The molecule has 0 atom stereocenters. The second kappa shape index (κ2) is 7.86. The normalized spacial score (nSPS) is 19.0. The quantitative estimate of drug-likeness (QED) is 0.747. The summed E-state index contributed by atoms with van der Waals surface area (Å²) in [5, 5.41) is 0. The summed E-state index contributed by atoms with van der Waals surface area (Å²) < 4.78 is 11.0. The Kier molecular flexibility index (Phi) is 5.68. The lowest BCUT2D eigenvalue weighted by Gasteiger charge is -2.46. The van der Waals surface area contributed by atoms with Crippen LogP contribution in [0.15, 0.2) is 24.8 Å². The van der Waals surface area contributed by atoms with Gasteiger partial charge >= 0.3 is 0 Å². The molecule has 2 aliphatic heterocycles. The molecule has 0 aromatic heterocycles. The zero-order chi connectivity index (χ0) is 20.5. The molecule has 0 N–H and O–H groups in total. The van der Waals surface area contributed by atoms with Crippen LogP contribution in [0.5, 0.6) is 11.5 Å². The van der Waals surface area contributed by atoms with Crippen molar-refractivity contribution in [1.82, 2.24) is 9.80 Å². The third kappa shape index (κ3) is 3.48. The summed E-state index contributed by atoms with van der Waals surface area (Å²) in [4.78, 5) is 28.9. The molecule has 1 aromatic carbocycles.